The molecule has 0 radical (unpaired) electrons. The molecule has 3 aliphatic rings. The minimum Gasteiger partial charge on any atom is -0.462 e. The number of halogens is 1. The van der Waals surface area contributed by atoms with Gasteiger partial charge >= 0.3 is 11.9 Å². The maximum Gasteiger partial charge on any atom is 0.334 e. The van der Waals surface area contributed by atoms with E-state index in [4.69, 9.17) is 21.1 Å². The van der Waals surface area contributed by atoms with Crippen LogP contribution in [0, 0.1) is 23.2 Å². The molecule has 0 aromatic heterocycles. The molecule has 5 heteroatoms. The Morgan fingerprint density at radius 1 is 1.59 bits per heavy atom. The van der Waals surface area contributed by atoms with Crippen LogP contribution in [0.25, 0.3) is 0 Å². The van der Waals surface area contributed by atoms with Crippen LogP contribution in [-0.2, 0) is 19.1 Å². The Balaban J connectivity index is 1.53. The maximum absolute atomic E-state index is 11.6. The number of carbonyl (C=O) groups is 2. The van der Waals surface area contributed by atoms with Gasteiger partial charge in [-0.15, -0.1) is 11.6 Å². The van der Waals surface area contributed by atoms with E-state index in [1.165, 1.54) is 0 Å². The summed E-state index contributed by atoms with van der Waals surface area (Å²) in [6.45, 7) is 8.10. The lowest BCUT2D eigenvalue weighted by molar-refractivity contribution is -0.145. The molecule has 1 aliphatic heterocycles. The molecule has 2 unspecified atom stereocenters. The lowest BCUT2D eigenvalue weighted by Crippen LogP contribution is -2.26. The molecule has 22 heavy (non-hydrogen) atoms. The topological polar surface area (TPSA) is 52.6 Å². The number of hydrogen-bond donors (Lipinski definition) is 0. The molecule has 3 rings (SSSR count). The van der Waals surface area contributed by atoms with Crippen LogP contribution in [0.4, 0.5) is 0 Å². The molecule has 0 aromatic carbocycles. The minimum atomic E-state index is -0.355. The highest BCUT2D eigenvalue weighted by molar-refractivity contribution is 6.26. The van der Waals surface area contributed by atoms with Crippen molar-refractivity contribution < 1.29 is 19.1 Å². The van der Waals surface area contributed by atoms with Crippen molar-refractivity contribution in [3.8, 4) is 0 Å². The third kappa shape index (κ3) is 2.55. The van der Waals surface area contributed by atoms with Crippen LogP contribution in [-0.4, -0.2) is 30.0 Å². The molecule has 122 valence electrons. The number of esters is 2. The van der Waals surface area contributed by atoms with Crippen LogP contribution < -0.4 is 0 Å². The smallest absolute Gasteiger partial charge is 0.334 e. The summed E-state index contributed by atoms with van der Waals surface area (Å²) in [4.78, 5) is 22.8. The summed E-state index contributed by atoms with van der Waals surface area (Å²) in [7, 11) is 0. The van der Waals surface area contributed by atoms with Crippen LogP contribution in [0.3, 0.4) is 0 Å². The van der Waals surface area contributed by atoms with E-state index in [0.717, 1.165) is 25.7 Å². The Hall–Kier alpha value is -1.03. The zero-order chi connectivity index (χ0) is 16.1. The van der Waals surface area contributed by atoms with E-state index in [9.17, 15) is 9.59 Å². The second-order valence-corrected chi connectivity index (χ2v) is 7.51. The lowest BCUT2D eigenvalue weighted by atomic mass is 9.79. The third-order valence-corrected chi connectivity index (χ3v) is 6.18. The summed E-state index contributed by atoms with van der Waals surface area (Å²) in [5, 5.41) is 0. The molecule has 1 saturated heterocycles. The molecule has 1 heterocycles. The first kappa shape index (κ1) is 15.9. The van der Waals surface area contributed by atoms with E-state index in [0.29, 0.717) is 17.4 Å². The van der Waals surface area contributed by atoms with Gasteiger partial charge in [-0.2, -0.15) is 0 Å². The first-order valence-electron chi connectivity index (χ1n) is 8.02. The molecular formula is C17H23ClO4. The first-order valence-corrected chi connectivity index (χ1v) is 8.55. The van der Waals surface area contributed by atoms with Crippen molar-refractivity contribution in [2.75, 3.05) is 5.88 Å². The van der Waals surface area contributed by atoms with Crippen LogP contribution >= 0.6 is 11.6 Å². The van der Waals surface area contributed by atoms with Gasteiger partial charge in [-0.25, -0.2) is 4.79 Å². The molecule has 0 bridgehead atoms. The Labute approximate surface area is 136 Å². The second kappa shape index (κ2) is 5.55. The number of fused-ring (bicyclic) bond motifs is 2. The third-order valence-electron chi connectivity index (χ3n) is 5.96. The van der Waals surface area contributed by atoms with Gasteiger partial charge in [-0.1, -0.05) is 13.5 Å². The highest BCUT2D eigenvalue weighted by Gasteiger charge is 2.66. The number of rotatable bonds is 5. The normalized spacial score (nSPS) is 40.5. The number of carbonyl (C=O) groups excluding carboxylic acids is 2. The van der Waals surface area contributed by atoms with Gasteiger partial charge in [-0.05, 0) is 49.9 Å². The molecule has 0 aromatic rings. The van der Waals surface area contributed by atoms with Crippen molar-refractivity contribution in [2.45, 2.75) is 51.7 Å². The molecule has 6 atom stereocenters. The van der Waals surface area contributed by atoms with Gasteiger partial charge in [-0.3, -0.25) is 4.79 Å². The number of hydrogen-bond acceptors (Lipinski definition) is 4. The summed E-state index contributed by atoms with van der Waals surface area (Å²) in [6.07, 6.45) is 3.77. The van der Waals surface area contributed by atoms with E-state index >= 15 is 0 Å². The standard InChI is InChI=1S/C17H23ClO4/c1-9(21-15(19)8-18)4-5-12-13-6-11-10(2)16(20)22-14(11)7-17(12,13)3/h9,11-14H,2,4-8H2,1,3H3/t9?,11-,12?,13+,14-,17-/m1/s1. The second-order valence-electron chi connectivity index (χ2n) is 7.25. The number of ether oxygens (including phenoxy) is 2. The van der Waals surface area contributed by atoms with Gasteiger partial charge in [0.2, 0.25) is 0 Å². The Morgan fingerprint density at radius 2 is 2.32 bits per heavy atom. The van der Waals surface area contributed by atoms with Gasteiger partial charge in [0.1, 0.15) is 12.0 Å². The van der Waals surface area contributed by atoms with E-state index in [1.807, 2.05) is 6.92 Å². The monoisotopic (exact) mass is 326 g/mol. The van der Waals surface area contributed by atoms with E-state index in [1.54, 1.807) is 0 Å². The highest BCUT2D eigenvalue weighted by atomic mass is 35.5. The SMILES string of the molecule is C=C1C(=O)O[C@@H]2C[C@]3(C)C(CCC(C)OC(=O)CCl)[C@@H]3C[C@H]12. The van der Waals surface area contributed by atoms with Crippen LogP contribution in [0.2, 0.25) is 0 Å². The van der Waals surface area contributed by atoms with Crippen molar-refractivity contribution >= 4 is 23.5 Å². The van der Waals surface area contributed by atoms with Crippen LogP contribution in [0.1, 0.15) is 39.5 Å². The Bertz CT molecular complexity index is 517. The zero-order valence-corrected chi connectivity index (χ0v) is 13.9. The van der Waals surface area contributed by atoms with Crippen molar-refractivity contribution in [3.63, 3.8) is 0 Å². The lowest BCUT2D eigenvalue weighted by Gasteiger charge is -2.27. The first-order chi connectivity index (χ1) is 10.4. The largest absolute Gasteiger partial charge is 0.462 e. The number of alkyl halides is 1. The van der Waals surface area contributed by atoms with E-state index in [-0.39, 0.29) is 41.4 Å². The van der Waals surface area contributed by atoms with Crippen molar-refractivity contribution in [1.29, 1.82) is 0 Å². The molecule has 3 fully saturated rings. The van der Waals surface area contributed by atoms with Gasteiger partial charge in [0.15, 0.2) is 0 Å². The average molecular weight is 327 g/mol. The van der Waals surface area contributed by atoms with Crippen molar-refractivity contribution in [1.82, 2.24) is 0 Å². The maximum atomic E-state index is 11.6. The van der Waals surface area contributed by atoms with Gasteiger partial charge in [0, 0.05) is 11.5 Å². The molecular weight excluding hydrogens is 304 g/mol. The Kier molecular flexibility index (Phi) is 4.00. The Morgan fingerprint density at radius 3 is 3.00 bits per heavy atom. The fourth-order valence-corrected chi connectivity index (χ4v) is 4.68. The van der Waals surface area contributed by atoms with Crippen LogP contribution in [0.5, 0.6) is 0 Å². The quantitative estimate of drug-likeness (QED) is 0.442. The van der Waals surface area contributed by atoms with Crippen LogP contribution in [0.15, 0.2) is 12.2 Å². The molecule has 2 saturated carbocycles. The summed E-state index contributed by atoms with van der Waals surface area (Å²) in [6, 6.07) is 0. The van der Waals surface area contributed by atoms with Gasteiger partial charge in [0.05, 0.1) is 6.10 Å². The molecule has 0 spiro atoms. The minimum absolute atomic E-state index is 0.0257. The summed E-state index contributed by atoms with van der Waals surface area (Å²) in [5.41, 5.74) is 0.921. The predicted octanol–water partition coefficient (Wildman–Crippen LogP) is 3.08. The highest BCUT2D eigenvalue weighted by Crippen LogP contribution is 2.70. The molecule has 0 N–H and O–H groups in total. The molecule has 4 nitrogen and oxygen atoms in total. The predicted molar refractivity (Wildman–Crippen MR) is 82.3 cm³/mol. The van der Waals surface area contributed by atoms with Crippen molar-refractivity contribution in [3.05, 3.63) is 12.2 Å². The zero-order valence-electron chi connectivity index (χ0n) is 13.1. The molecule has 0 amide bonds. The fraction of sp³-hybridized carbons (Fsp3) is 0.765. The summed E-state index contributed by atoms with van der Waals surface area (Å²) >= 11 is 5.45. The van der Waals surface area contributed by atoms with Crippen molar-refractivity contribution in [2.24, 2.45) is 23.2 Å². The average Bonchev–Trinajstić information content (AvgIpc) is 2.95. The summed E-state index contributed by atoms with van der Waals surface area (Å²) < 4.78 is 10.7. The van der Waals surface area contributed by atoms with Gasteiger partial charge < -0.3 is 9.47 Å². The molecule has 2 aliphatic carbocycles. The van der Waals surface area contributed by atoms with E-state index in [2.05, 4.69) is 13.5 Å². The van der Waals surface area contributed by atoms with E-state index < -0.39 is 0 Å². The summed E-state index contributed by atoms with van der Waals surface area (Å²) in [5.74, 6) is 0.814. The van der Waals surface area contributed by atoms with Gasteiger partial charge in [0.25, 0.3) is 0 Å². The fourth-order valence-electron chi connectivity index (χ4n) is 4.62.